The molecule has 94 valence electrons. The van der Waals surface area contributed by atoms with E-state index in [9.17, 15) is 4.39 Å². The summed E-state index contributed by atoms with van der Waals surface area (Å²) in [4.78, 5) is 4.32. The van der Waals surface area contributed by atoms with Crippen LogP contribution in [0.5, 0.6) is 0 Å². The first kappa shape index (κ1) is 11.8. The summed E-state index contributed by atoms with van der Waals surface area (Å²) in [6, 6.07) is 14.5. The van der Waals surface area contributed by atoms with Crippen molar-refractivity contribution in [2.24, 2.45) is 5.73 Å². The van der Waals surface area contributed by atoms with E-state index in [0.29, 0.717) is 6.54 Å². The van der Waals surface area contributed by atoms with Gasteiger partial charge >= 0.3 is 0 Å². The Balaban J connectivity index is 2.21. The van der Waals surface area contributed by atoms with Crippen molar-refractivity contribution in [3.8, 4) is 11.1 Å². The fourth-order valence-electron chi connectivity index (χ4n) is 2.23. The highest BCUT2D eigenvalue weighted by atomic mass is 19.1. The molecule has 3 aromatic rings. The smallest absolute Gasteiger partial charge is 0.123 e. The molecule has 0 aliphatic carbocycles. The minimum absolute atomic E-state index is 0.256. The summed E-state index contributed by atoms with van der Waals surface area (Å²) < 4.78 is 13.4. The molecule has 3 heteroatoms. The molecule has 19 heavy (non-hydrogen) atoms. The van der Waals surface area contributed by atoms with Gasteiger partial charge in [0.1, 0.15) is 5.82 Å². The average Bonchev–Trinajstić information content (AvgIpc) is 2.46. The molecule has 0 bridgehead atoms. The molecule has 0 unspecified atom stereocenters. The number of hydrogen-bond donors (Lipinski definition) is 1. The lowest BCUT2D eigenvalue weighted by atomic mass is 9.98. The predicted octanol–water partition coefficient (Wildman–Crippen LogP) is 3.50. The zero-order valence-corrected chi connectivity index (χ0v) is 10.3. The second kappa shape index (κ2) is 4.78. The predicted molar refractivity (Wildman–Crippen MR) is 75.0 cm³/mol. The first-order chi connectivity index (χ1) is 9.28. The van der Waals surface area contributed by atoms with Crippen LogP contribution < -0.4 is 5.73 Å². The van der Waals surface area contributed by atoms with E-state index in [2.05, 4.69) is 4.98 Å². The molecule has 0 aliphatic rings. The van der Waals surface area contributed by atoms with E-state index < -0.39 is 0 Å². The van der Waals surface area contributed by atoms with Gasteiger partial charge in [-0.25, -0.2) is 4.39 Å². The quantitative estimate of drug-likeness (QED) is 0.758. The van der Waals surface area contributed by atoms with Gasteiger partial charge in [0, 0.05) is 18.1 Å². The molecule has 1 heterocycles. The molecule has 0 saturated carbocycles. The van der Waals surface area contributed by atoms with E-state index in [4.69, 9.17) is 5.73 Å². The Labute approximate surface area is 110 Å². The number of nitrogens with zero attached hydrogens (tertiary/aromatic N) is 1. The first-order valence-electron chi connectivity index (χ1n) is 6.11. The molecular formula is C16H13FN2. The number of pyridine rings is 1. The maximum atomic E-state index is 13.4. The minimum atomic E-state index is -0.256. The van der Waals surface area contributed by atoms with E-state index in [1.165, 1.54) is 12.1 Å². The van der Waals surface area contributed by atoms with Gasteiger partial charge in [0.15, 0.2) is 0 Å². The van der Waals surface area contributed by atoms with Gasteiger partial charge in [-0.1, -0.05) is 24.3 Å². The number of halogens is 1. The van der Waals surface area contributed by atoms with Crippen LogP contribution in [-0.4, -0.2) is 4.98 Å². The van der Waals surface area contributed by atoms with Crippen LogP contribution in [0.4, 0.5) is 4.39 Å². The van der Waals surface area contributed by atoms with Gasteiger partial charge in [0.05, 0.1) is 5.52 Å². The van der Waals surface area contributed by atoms with Crippen LogP contribution in [0, 0.1) is 5.82 Å². The molecule has 0 saturated heterocycles. The molecule has 3 rings (SSSR count). The Morgan fingerprint density at radius 2 is 1.95 bits per heavy atom. The highest BCUT2D eigenvalue weighted by Crippen LogP contribution is 2.27. The normalized spacial score (nSPS) is 10.8. The molecule has 0 amide bonds. The molecule has 0 aliphatic heterocycles. The van der Waals surface area contributed by atoms with Gasteiger partial charge in [0.25, 0.3) is 0 Å². The van der Waals surface area contributed by atoms with Crippen molar-refractivity contribution in [3.05, 3.63) is 66.1 Å². The van der Waals surface area contributed by atoms with E-state index in [1.54, 1.807) is 12.3 Å². The molecule has 2 aromatic carbocycles. The Bertz CT molecular complexity index is 738. The van der Waals surface area contributed by atoms with Crippen molar-refractivity contribution in [1.82, 2.24) is 4.98 Å². The Morgan fingerprint density at radius 3 is 2.79 bits per heavy atom. The van der Waals surface area contributed by atoms with E-state index in [-0.39, 0.29) is 5.82 Å². The number of rotatable bonds is 2. The van der Waals surface area contributed by atoms with Gasteiger partial charge in [-0.15, -0.1) is 0 Å². The third-order valence-corrected chi connectivity index (χ3v) is 3.21. The zero-order valence-electron chi connectivity index (χ0n) is 10.3. The fourth-order valence-corrected chi connectivity index (χ4v) is 2.23. The number of nitrogens with two attached hydrogens (primary N) is 1. The van der Waals surface area contributed by atoms with Gasteiger partial charge < -0.3 is 5.73 Å². The van der Waals surface area contributed by atoms with Crippen molar-refractivity contribution in [3.63, 3.8) is 0 Å². The lowest BCUT2D eigenvalue weighted by Crippen LogP contribution is -1.99. The van der Waals surface area contributed by atoms with Crippen LogP contribution in [-0.2, 0) is 6.54 Å². The van der Waals surface area contributed by atoms with Gasteiger partial charge in [-0.2, -0.15) is 0 Å². The lowest BCUT2D eigenvalue weighted by Gasteiger charge is -2.09. The summed E-state index contributed by atoms with van der Waals surface area (Å²) in [5.74, 6) is -0.256. The Hall–Kier alpha value is -2.26. The van der Waals surface area contributed by atoms with Crippen molar-refractivity contribution in [2.75, 3.05) is 0 Å². The second-order valence-electron chi connectivity index (χ2n) is 4.42. The molecule has 2 nitrogen and oxygen atoms in total. The number of fused-ring (bicyclic) bond motifs is 1. The summed E-state index contributed by atoms with van der Waals surface area (Å²) in [5.41, 5.74) is 9.30. The summed E-state index contributed by atoms with van der Waals surface area (Å²) >= 11 is 0. The average molecular weight is 252 g/mol. The van der Waals surface area contributed by atoms with Crippen LogP contribution >= 0.6 is 0 Å². The Morgan fingerprint density at radius 1 is 1.05 bits per heavy atom. The van der Waals surface area contributed by atoms with Crippen molar-refractivity contribution < 1.29 is 4.39 Å². The standard InChI is InChI=1S/C16H13FN2/c17-14-6-5-13(10-18)15(9-14)12-4-3-11-2-1-7-19-16(11)8-12/h1-9H,10,18H2. The summed E-state index contributed by atoms with van der Waals surface area (Å²) in [7, 11) is 0. The monoisotopic (exact) mass is 252 g/mol. The molecule has 0 radical (unpaired) electrons. The van der Waals surface area contributed by atoms with Crippen LogP contribution in [0.15, 0.2) is 54.7 Å². The number of hydrogen-bond acceptors (Lipinski definition) is 2. The summed E-state index contributed by atoms with van der Waals surface area (Å²) in [5, 5.41) is 1.07. The first-order valence-corrected chi connectivity index (χ1v) is 6.11. The number of benzene rings is 2. The van der Waals surface area contributed by atoms with Crippen LogP contribution in [0.1, 0.15) is 5.56 Å². The van der Waals surface area contributed by atoms with Gasteiger partial charge in [0.2, 0.25) is 0 Å². The Kier molecular flexibility index (Phi) is 2.97. The van der Waals surface area contributed by atoms with Crippen LogP contribution in [0.2, 0.25) is 0 Å². The molecule has 2 N–H and O–H groups in total. The minimum Gasteiger partial charge on any atom is -0.326 e. The third kappa shape index (κ3) is 2.20. The molecule has 0 fully saturated rings. The van der Waals surface area contributed by atoms with Gasteiger partial charge in [-0.3, -0.25) is 4.98 Å². The van der Waals surface area contributed by atoms with Crippen LogP contribution in [0.25, 0.3) is 22.0 Å². The molecular weight excluding hydrogens is 239 g/mol. The lowest BCUT2D eigenvalue weighted by molar-refractivity contribution is 0.627. The van der Waals surface area contributed by atoms with E-state index in [0.717, 1.165) is 27.6 Å². The highest BCUT2D eigenvalue weighted by Gasteiger charge is 2.06. The van der Waals surface area contributed by atoms with Crippen molar-refractivity contribution >= 4 is 10.9 Å². The van der Waals surface area contributed by atoms with Crippen molar-refractivity contribution in [1.29, 1.82) is 0 Å². The van der Waals surface area contributed by atoms with Crippen LogP contribution in [0.3, 0.4) is 0 Å². The summed E-state index contributed by atoms with van der Waals surface area (Å²) in [6.07, 6.45) is 1.75. The highest BCUT2D eigenvalue weighted by molar-refractivity contribution is 5.84. The van der Waals surface area contributed by atoms with E-state index in [1.807, 2.05) is 30.3 Å². The fraction of sp³-hybridized carbons (Fsp3) is 0.0625. The third-order valence-electron chi connectivity index (χ3n) is 3.21. The largest absolute Gasteiger partial charge is 0.326 e. The van der Waals surface area contributed by atoms with Gasteiger partial charge in [-0.05, 0) is 41.0 Å². The van der Waals surface area contributed by atoms with E-state index >= 15 is 0 Å². The molecule has 0 spiro atoms. The molecule has 1 aromatic heterocycles. The zero-order chi connectivity index (χ0) is 13.2. The SMILES string of the molecule is NCc1ccc(F)cc1-c1ccc2cccnc2c1. The second-order valence-corrected chi connectivity index (χ2v) is 4.42. The maximum Gasteiger partial charge on any atom is 0.123 e. The number of aromatic nitrogens is 1. The summed E-state index contributed by atoms with van der Waals surface area (Å²) in [6.45, 7) is 0.385. The van der Waals surface area contributed by atoms with Crippen molar-refractivity contribution in [2.45, 2.75) is 6.54 Å². The maximum absolute atomic E-state index is 13.4. The molecule has 0 atom stereocenters. The topological polar surface area (TPSA) is 38.9 Å².